The molecular formula is C20H28BN. The van der Waals surface area contributed by atoms with E-state index >= 15 is 0 Å². The first-order chi connectivity index (χ1) is 10.9. The molecule has 0 amide bonds. The molecule has 2 aliphatic rings. The van der Waals surface area contributed by atoms with Gasteiger partial charge < -0.3 is 4.57 Å². The monoisotopic (exact) mass is 293 g/mol. The van der Waals surface area contributed by atoms with Crippen LogP contribution in [0.4, 0.5) is 0 Å². The van der Waals surface area contributed by atoms with Crippen molar-refractivity contribution in [2.24, 2.45) is 0 Å². The number of hydrogen-bond donors (Lipinski definition) is 0. The average Bonchev–Trinajstić information content (AvgIpc) is 2.94. The van der Waals surface area contributed by atoms with E-state index in [0.29, 0.717) is 0 Å². The summed E-state index contributed by atoms with van der Waals surface area (Å²) in [5, 5.41) is 1.38. The summed E-state index contributed by atoms with van der Waals surface area (Å²) < 4.78 is 2.44. The second-order valence-electron chi connectivity index (χ2n) is 7.61. The molecule has 0 aliphatic carbocycles. The largest absolute Gasteiger partial charge is 0.347 e. The SMILES string of the molecule is c1ccc2c(c1)ccn2CCCCB1C2CCCC1CCC2. The summed E-state index contributed by atoms with van der Waals surface area (Å²) in [6.07, 6.45) is 15.7. The first-order valence-electron chi connectivity index (χ1n) is 9.46. The summed E-state index contributed by atoms with van der Waals surface area (Å²) in [4.78, 5) is 0. The molecule has 0 atom stereocenters. The van der Waals surface area contributed by atoms with Crippen LogP contribution in [-0.2, 0) is 6.54 Å². The van der Waals surface area contributed by atoms with Crippen molar-refractivity contribution in [3.8, 4) is 0 Å². The van der Waals surface area contributed by atoms with E-state index in [0.717, 1.165) is 18.3 Å². The molecule has 1 aromatic heterocycles. The lowest BCUT2D eigenvalue weighted by Crippen LogP contribution is -2.34. The van der Waals surface area contributed by atoms with E-state index in [1.165, 1.54) is 75.1 Å². The Balaban J connectivity index is 1.30. The van der Waals surface area contributed by atoms with Crippen molar-refractivity contribution >= 4 is 17.6 Å². The minimum atomic E-state index is 1.07. The Labute approximate surface area is 135 Å². The number of rotatable bonds is 5. The lowest BCUT2D eigenvalue weighted by Gasteiger charge is -2.40. The van der Waals surface area contributed by atoms with Crippen molar-refractivity contribution in [2.75, 3.05) is 0 Å². The third kappa shape index (κ3) is 2.85. The fraction of sp³-hybridized carbons (Fsp3) is 0.600. The molecule has 2 saturated heterocycles. The Kier molecular flexibility index (Phi) is 4.27. The van der Waals surface area contributed by atoms with E-state index in [1.54, 1.807) is 0 Å². The van der Waals surface area contributed by atoms with Gasteiger partial charge in [0.05, 0.1) is 0 Å². The summed E-state index contributed by atoms with van der Waals surface area (Å²) in [6.45, 7) is 2.26. The molecule has 2 aromatic rings. The molecular weight excluding hydrogens is 265 g/mol. The highest BCUT2D eigenvalue weighted by Gasteiger charge is 2.38. The molecule has 4 rings (SSSR count). The van der Waals surface area contributed by atoms with Crippen molar-refractivity contribution in [2.45, 2.75) is 75.9 Å². The minimum absolute atomic E-state index is 1.07. The number of benzene rings is 1. The van der Waals surface area contributed by atoms with Crippen LogP contribution in [-0.4, -0.2) is 11.3 Å². The average molecular weight is 293 g/mol. The third-order valence-corrected chi connectivity index (χ3v) is 6.38. The summed E-state index contributed by atoms with van der Waals surface area (Å²) >= 11 is 0. The van der Waals surface area contributed by atoms with Gasteiger partial charge in [-0.05, 0) is 23.9 Å². The summed E-state index contributed by atoms with van der Waals surface area (Å²) in [5.74, 6) is 2.17. The second kappa shape index (κ2) is 6.52. The molecule has 2 heteroatoms. The Morgan fingerprint density at radius 3 is 2.41 bits per heavy atom. The quantitative estimate of drug-likeness (QED) is 0.469. The van der Waals surface area contributed by atoms with Gasteiger partial charge in [-0.25, -0.2) is 0 Å². The van der Waals surface area contributed by atoms with Gasteiger partial charge in [-0.3, -0.25) is 0 Å². The minimum Gasteiger partial charge on any atom is -0.347 e. The summed E-state index contributed by atoms with van der Waals surface area (Å²) in [7, 11) is 0. The van der Waals surface area contributed by atoms with E-state index in [9.17, 15) is 0 Å². The maximum absolute atomic E-state index is 2.44. The number of fused-ring (bicyclic) bond motifs is 3. The molecule has 2 aliphatic heterocycles. The van der Waals surface area contributed by atoms with Crippen molar-refractivity contribution in [3.63, 3.8) is 0 Å². The van der Waals surface area contributed by atoms with Gasteiger partial charge in [0.25, 0.3) is 0 Å². The zero-order valence-electron chi connectivity index (χ0n) is 13.7. The molecule has 0 saturated carbocycles. The van der Waals surface area contributed by atoms with Gasteiger partial charge in [0, 0.05) is 18.3 Å². The third-order valence-electron chi connectivity index (χ3n) is 6.38. The zero-order chi connectivity index (χ0) is 14.8. The van der Waals surface area contributed by atoms with E-state index in [-0.39, 0.29) is 0 Å². The van der Waals surface area contributed by atoms with E-state index < -0.39 is 0 Å². The van der Waals surface area contributed by atoms with Crippen LogP contribution in [0.25, 0.3) is 10.9 Å². The van der Waals surface area contributed by atoms with Gasteiger partial charge >= 0.3 is 0 Å². The second-order valence-corrected chi connectivity index (χ2v) is 7.61. The molecule has 22 heavy (non-hydrogen) atoms. The van der Waals surface area contributed by atoms with E-state index in [1.807, 2.05) is 0 Å². The molecule has 2 bridgehead atoms. The van der Waals surface area contributed by atoms with Crippen molar-refractivity contribution < 1.29 is 0 Å². The topological polar surface area (TPSA) is 4.93 Å². The molecule has 116 valence electrons. The Bertz CT molecular complexity index is 595. The van der Waals surface area contributed by atoms with Gasteiger partial charge in [-0.15, -0.1) is 0 Å². The highest BCUT2D eigenvalue weighted by Crippen LogP contribution is 2.48. The number of unbranched alkanes of at least 4 members (excludes halogenated alkanes) is 1. The lowest BCUT2D eigenvalue weighted by atomic mass is 9.26. The predicted octanol–water partition coefficient (Wildman–Crippen LogP) is 6.02. The number of aryl methyl sites for hydroxylation is 1. The van der Waals surface area contributed by atoms with Crippen LogP contribution >= 0.6 is 0 Å². The smallest absolute Gasteiger partial charge is 0.146 e. The van der Waals surface area contributed by atoms with Crippen LogP contribution in [0.15, 0.2) is 36.5 Å². The molecule has 0 unspecified atom stereocenters. The van der Waals surface area contributed by atoms with Crippen molar-refractivity contribution in [1.29, 1.82) is 0 Å². The van der Waals surface area contributed by atoms with Gasteiger partial charge in [0.2, 0.25) is 0 Å². The highest BCUT2D eigenvalue weighted by atomic mass is 14.9. The number of para-hydroxylation sites is 1. The number of nitrogens with zero attached hydrogens (tertiary/aromatic N) is 1. The summed E-state index contributed by atoms with van der Waals surface area (Å²) in [6, 6.07) is 11.0. The fourth-order valence-corrected chi connectivity index (χ4v) is 5.28. The van der Waals surface area contributed by atoms with Crippen LogP contribution in [0.3, 0.4) is 0 Å². The van der Waals surface area contributed by atoms with Gasteiger partial charge in [-0.2, -0.15) is 0 Å². The maximum Gasteiger partial charge on any atom is 0.146 e. The lowest BCUT2D eigenvalue weighted by molar-refractivity contribution is 0.439. The Morgan fingerprint density at radius 2 is 1.64 bits per heavy atom. The van der Waals surface area contributed by atoms with Gasteiger partial charge in [0.1, 0.15) is 6.71 Å². The fourth-order valence-electron chi connectivity index (χ4n) is 5.28. The van der Waals surface area contributed by atoms with Crippen LogP contribution in [0.2, 0.25) is 18.0 Å². The Hall–Kier alpha value is -1.18. The highest BCUT2D eigenvalue weighted by molar-refractivity contribution is 6.62. The number of aromatic nitrogens is 1. The molecule has 0 N–H and O–H groups in total. The number of hydrogen-bond acceptors (Lipinski definition) is 0. The van der Waals surface area contributed by atoms with Gasteiger partial charge in [-0.1, -0.05) is 81.1 Å². The maximum atomic E-state index is 2.44. The normalized spacial score (nSPS) is 24.8. The van der Waals surface area contributed by atoms with Gasteiger partial charge in [0.15, 0.2) is 0 Å². The summed E-state index contributed by atoms with van der Waals surface area (Å²) in [5.41, 5.74) is 1.40. The first-order valence-corrected chi connectivity index (χ1v) is 9.46. The first kappa shape index (κ1) is 14.4. The zero-order valence-corrected chi connectivity index (χ0v) is 13.7. The van der Waals surface area contributed by atoms with Crippen LogP contribution in [0, 0.1) is 0 Å². The van der Waals surface area contributed by atoms with E-state index in [2.05, 4.69) is 41.1 Å². The van der Waals surface area contributed by atoms with E-state index in [4.69, 9.17) is 0 Å². The molecule has 0 radical (unpaired) electrons. The molecule has 1 nitrogen and oxygen atoms in total. The molecule has 1 aromatic carbocycles. The van der Waals surface area contributed by atoms with Crippen molar-refractivity contribution in [3.05, 3.63) is 36.5 Å². The van der Waals surface area contributed by atoms with Crippen molar-refractivity contribution in [1.82, 2.24) is 4.57 Å². The standard InChI is InChI=1S/C20H28BN/c1-2-12-20-17(7-1)13-16-22(20)15-4-3-14-21-18-8-5-9-19(21)11-6-10-18/h1-2,7,12-13,16,18-19H,3-6,8-11,14-15H2. The van der Waals surface area contributed by atoms with Crippen LogP contribution < -0.4 is 0 Å². The molecule has 3 heterocycles. The molecule has 0 spiro atoms. The van der Waals surface area contributed by atoms with Crippen LogP contribution in [0.1, 0.15) is 51.4 Å². The van der Waals surface area contributed by atoms with Crippen LogP contribution in [0.5, 0.6) is 0 Å². The predicted molar refractivity (Wildman–Crippen MR) is 96.9 cm³/mol. The Morgan fingerprint density at radius 1 is 0.909 bits per heavy atom. The molecule has 2 fully saturated rings.